The van der Waals surface area contributed by atoms with Gasteiger partial charge in [0.1, 0.15) is 0 Å². The first-order chi connectivity index (χ1) is 15.5. The highest BCUT2D eigenvalue weighted by atomic mass is 16.2. The van der Waals surface area contributed by atoms with Gasteiger partial charge in [-0.2, -0.15) is 0 Å². The van der Waals surface area contributed by atoms with Crippen LogP contribution in [0.1, 0.15) is 47.3 Å². The highest BCUT2D eigenvalue weighted by Gasteiger charge is 2.25. The third-order valence-electron chi connectivity index (χ3n) is 5.72. The normalized spacial score (nSPS) is 16.8. The number of hydrogen-bond acceptors (Lipinski definition) is 4. The molecule has 1 aromatic heterocycles. The molecule has 2 aliphatic heterocycles. The van der Waals surface area contributed by atoms with Gasteiger partial charge in [-0.25, -0.2) is 4.79 Å². The van der Waals surface area contributed by atoms with Crippen molar-refractivity contribution in [2.45, 2.75) is 25.7 Å². The fraction of sp³-hybridized carbons (Fsp3) is 0.348. The summed E-state index contributed by atoms with van der Waals surface area (Å²) in [5, 5.41) is 8.25. The van der Waals surface area contributed by atoms with E-state index in [0.717, 1.165) is 19.4 Å². The lowest BCUT2D eigenvalue weighted by atomic mass is 10.1. The van der Waals surface area contributed by atoms with Crippen LogP contribution < -0.4 is 21.7 Å². The molecular formula is C23H28N6O3. The molecule has 4 amide bonds. The minimum Gasteiger partial charge on any atom is -0.361 e. The van der Waals surface area contributed by atoms with Crippen molar-refractivity contribution in [1.82, 2.24) is 15.2 Å². The molecule has 4 rings (SSSR count). The summed E-state index contributed by atoms with van der Waals surface area (Å²) in [4.78, 5) is 41.5. The predicted molar refractivity (Wildman–Crippen MR) is 124 cm³/mol. The topological polar surface area (TPSA) is 132 Å². The van der Waals surface area contributed by atoms with Crippen molar-refractivity contribution in [3.8, 4) is 0 Å². The zero-order valence-electron chi connectivity index (χ0n) is 17.9. The van der Waals surface area contributed by atoms with Gasteiger partial charge in [0.15, 0.2) is 0 Å². The smallest absolute Gasteiger partial charge is 0.316 e. The summed E-state index contributed by atoms with van der Waals surface area (Å²) < 4.78 is 0. The summed E-state index contributed by atoms with van der Waals surface area (Å²) in [6.45, 7) is 4.12. The lowest BCUT2D eigenvalue weighted by molar-refractivity contribution is -0.110. The highest BCUT2D eigenvalue weighted by molar-refractivity contribution is 6.35. The number of fused-ring (bicyclic) bond motifs is 1. The maximum absolute atomic E-state index is 12.4. The number of aromatic nitrogens is 1. The first-order valence-corrected chi connectivity index (χ1v) is 10.9. The number of nitrogens with zero attached hydrogens (tertiary/aromatic N) is 1. The van der Waals surface area contributed by atoms with Crippen LogP contribution in [-0.4, -0.2) is 53.9 Å². The van der Waals surface area contributed by atoms with Crippen molar-refractivity contribution in [3.05, 3.63) is 47.3 Å². The summed E-state index contributed by atoms with van der Waals surface area (Å²) in [7, 11) is 0. The molecule has 0 unspecified atom stereocenters. The van der Waals surface area contributed by atoms with E-state index in [-0.39, 0.29) is 11.8 Å². The van der Waals surface area contributed by atoms with Crippen LogP contribution in [0, 0.1) is 0 Å². The van der Waals surface area contributed by atoms with Gasteiger partial charge < -0.3 is 31.6 Å². The molecule has 6 N–H and O–H groups in total. The lowest BCUT2D eigenvalue weighted by Gasteiger charge is -2.13. The maximum Gasteiger partial charge on any atom is 0.316 e. The maximum atomic E-state index is 12.4. The van der Waals surface area contributed by atoms with Crippen LogP contribution in [0.2, 0.25) is 0 Å². The Morgan fingerprint density at radius 2 is 1.97 bits per heavy atom. The lowest BCUT2D eigenvalue weighted by Crippen LogP contribution is -2.25. The average Bonchev–Trinajstić information content (AvgIpc) is 3.49. The van der Waals surface area contributed by atoms with Crippen molar-refractivity contribution in [2.75, 3.05) is 36.8 Å². The van der Waals surface area contributed by atoms with E-state index in [4.69, 9.17) is 5.73 Å². The molecule has 0 aliphatic carbocycles. The zero-order chi connectivity index (χ0) is 22.5. The van der Waals surface area contributed by atoms with Crippen LogP contribution in [0.25, 0.3) is 11.6 Å². The van der Waals surface area contributed by atoms with Gasteiger partial charge in [0.05, 0.1) is 11.1 Å². The minimum atomic E-state index is -0.677. The van der Waals surface area contributed by atoms with Gasteiger partial charge in [-0.05, 0) is 75.7 Å². The molecule has 1 aromatic carbocycles. The number of amides is 4. The molecule has 9 nitrogen and oxygen atoms in total. The molecule has 0 atom stereocenters. The van der Waals surface area contributed by atoms with E-state index in [1.165, 1.54) is 25.9 Å². The van der Waals surface area contributed by atoms with Crippen LogP contribution in [0.4, 0.5) is 16.2 Å². The van der Waals surface area contributed by atoms with Gasteiger partial charge in [0.25, 0.3) is 11.8 Å². The number of aromatic amines is 1. The number of unbranched alkanes of at least 4 members (excludes halogenated alkanes) is 1. The number of H-pyrrole nitrogens is 1. The van der Waals surface area contributed by atoms with Crippen LogP contribution in [0.15, 0.2) is 30.5 Å². The fourth-order valence-electron chi connectivity index (χ4n) is 4.10. The molecule has 0 radical (unpaired) electrons. The summed E-state index contributed by atoms with van der Waals surface area (Å²) in [5.74, 6) is -0.397. The number of primary amides is 1. The second-order valence-electron chi connectivity index (χ2n) is 8.12. The van der Waals surface area contributed by atoms with Crippen molar-refractivity contribution in [2.24, 2.45) is 5.73 Å². The van der Waals surface area contributed by atoms with E-state index in [1.807, 2.05) is 0 Å². The quantitative estimate of drug-likeness (QED) is 0.321. The van der Waals surface area contributed by atoms with E-state index in [9.17, 15) is 14.4 Å². The number of nitrogens with two attached hydrogens (primary N) is 1. The Kier molecular flexibility index (Phi) is 6.55. The Hall–Kier alpha value is -3.59. The first kappa shape index (κ1) is 21.6. The van der Waals surface area contributed by atoms with E-state index >= 15 is 0 Å². The molecule has 1 saturated heterocycles. The highest BCUT2D eigenvalue weighted by Crippen LogP contribution is 2.35. The minimum absolute atomic E-state index is 0.142. The molecule has 9 heteroatoms. The van der Waals surface area contributed by atoms with Crippen molar-refractivity contribution in [3.63, 3.8) is 0 Å². The Morgan fingerprint density at radius 3 is 2.75 bits per heavy atom. The van der Waals surface area contributed by atoms with Crippen molar-refractivity contribution in [1.29, 1.82) is 0 Å². The third kappa shape index (κ3) is 5.17. The van der Waals surface area contributed by atoms with E-state index in [1.54, 1.807) is 36.5 Å². The van der Waals surface area contributed by atoms with Crippen LogP contribution in [0.5, 0.6) is 0 Å². The molecular weight excluding hydrogens is 408 g/mol. The number of benzene rings is 1. The van der Waals surface area contributed by atoms with Gasteiger partial charge in [-0.15, -0.1) is 0 Å². The SMILES string of the molecule is NC(=O)Nc1ccc2c(c1)C(=Cc1cc(C(=O)NCCCCN3CCCC3)c[nH]1)C(=O)N2. The number of urea groups is 1. The Bertz CT molecular complexity index is 1050. The molecule has 0 saturated carbocycles. The zero-order valence-corrected chi connectivity index (χ0v) is 17.9. The Balaban J connectivity index is 1.35. The number of likely N-dealkylation sites (tertiary alicyclic amines) is 1. The largest absolute Gasteiger partial charge is 0.361 e. The van der Waals surface area contributed by atoms with E-state index in [0.29, 0.717) is 40.3 Å². The van der Waals surface area contributed by atoms with Crippen molar-refractivity contribution < 1.29 is 14.4 Å². The van der Waals surface area contributed by atoms with Crippen LogP contribution in [0.3, 0.4) is 0 Å². The molecule has 1 fully saturated rings. The van der Waals surface area contributed by atoms with Gasteiger partial charge in [-0.3, -0.25) is 9.59 Å². The monoisotopic (exact) mass is 436 g/mol. The summed E-state index contributed by atoms with van der Waals surface area (Å²) >= 11 is 0. The van der Waals surface area contributed by atoms with Gasteiger partial charge in [0, 0.05) is 35.4 Å². The van der Waals surface area contributed by atoms with Gasteiger partial charge in [-0.1, -0.05) is 0 Å². The number of rotatable bonds is 8. The second kappa shape index (κ2) is 9.69. The van der Waals surface area contributed by atoms with E-state index < -0.39 is 6.03 Å². The number of carbonyl (C=O) groups excluding carboxylic acids is 3. The molecule has 0 spiro atoms. The standard InChI is InChI=1S/C23H28N6O3/c24-23(32)27-16-5-6-20-18(12-16)19(22(31)28-20)13-17-11-15(14-26-17)21(30)25-7-1-2-8-29-9-3-4-10-29/h5-6,11-14,26H,1-4,7-10H2,(H,25,30)(H,28,31)(H3,24,27,32). The number of nitrogens with one attached hydrogen (secondary N) is 4. The summed E-state index contributed by atoms with van der Waals surface area (Å²) in [6.07, 6.45) is 7.92. The summed E-state index contributed by atoms with van der Waals surface area (Å²) in [5.41, 5.74) is 8.55. The van der Waals surface area contributed by atoms with Crippen molar-refractivity contribution >= 4 is 40.9 Å². The molecule has 3 heterocycles. The van der Waals surface area contributed by atoms with Crippen LogP contribution >= 0.6 is 0 Å². The Labute approximate surface area is 186 Å². The molecule has 2 aliphatic rings. The molecule has 2 aromatic rings. The number of carbonyl (C=O) groups is 3. The first-order valence-electron chi connectivity index (χ1n) is 10.9. The predicted octanol–water partition coefficient (Wildman–Crippen LogP) is 2.60. The molecule has 32 heavy (non-hydrogen) atoms. The van der Waals surface area contributed by atoms with Gasteiger partial charge in [0.2, 0.25) is 0 Å². The fourth-order valence-corrected chi connectivity index (χ4v) is 4.10. The third-order valence-corrected chi connectivity index (χ3v) is 5.72. The summed E-state index contributed by atoms with van der Waals surface area (Å²) in [6, 6.07) is 6.08. The second-order valence-corrected chi connectivity index (χ2v) is 8.12. The number of hydrogen-bond donors (Lipinski definition) is 5. The number of anilines is 2. The average molecular weight is 437 g/mol. The Morgan fingerprint density at radius 1 is 1.16 bits per heavy atom. The molecule has 168 valence electrons. The van der Waals surface area contributed by atoms with Crippen LogP contribution in [-0.2, 0) is 4.79 Å². The van der Waals surface area contributed by atoms with Gasteiger partial charge >= 0.3 is 6.03 Å². The molecule has 0 bridgehead atoms. The van der Waals surface area contributed by atoms with E-state index in [2.05, 4.69) is 25.8 Å².